The summed E-state index contributed by atoms with van der Waals surface area (Å²) < 4.78 is 18.1. The van der Waals surface area contributed by atoms with Gasteiger partial charge < -0.3 is 4.74 Å². The molecule has 0 fully saturated rings. The van der Waals surface area contributed by atoms with Gasteiger partial charge >= 0.3 is 5.97 Å². The van der Waals surface area contributed by atoms with Crippen molar-refractivity contribution in [3.8, 4) is 0 Å². The van der Waals surface area contributed by atoms with Crippen LogP contribution >= 0.6 is 15.9 Å². The SMILES string of the molecule is CCOC(=O)/C=C/c1cccc(F)c1Br. The molecule has 2 nitrogen and oxygen atoms in total. The molecule has 0 amide bonds. The van der Waals surface area contributed by atoms with Gasteiger partial charge in [0.15, 0.2) is 0 Å². The van der Waals surface area contributed by atoms with Crippen molar-refractivity contribution in [2.24, 2.45) is 0 Å². The number of hydrogen-bond donors (Lipinski definition) is 0. The third-order valence-corrected chi connectivity index (χ3v) is 2.50. The monoisotopic (exact) mass is 272 g/mol. The van der Waals surface area contributed by atoms with Crippen molar-refractivity contribution < 1.29 is 13.9 Å². The minimum atomic E-state index is -0.436. The van der Waals surface area contributed by atoms with E-state index in [2.05, 4.69) is 15.9 Å². The predicted octanol–water partition coefficient (Wildman–Crippen LogP) is 3.16. The Morgan fingerprint density at radius 2 is 2.33 bits per heavy atom. The second-order valence-corrected chi connectivity index (χ2v) is 3.52. The van der Waals surface area contributed by atoms with Crippen LogP contribution in [-0.4, -0.2) is 12.6 Å². The van der Waals surface area contributed by atoms with E-state index in [1.807, 2.05) is 0 Å². The quantitative estimate of drug-likeness (QED) is 0.624. The van der Waals surface area contributed by atoms with E-state index in [0.717, 1.165) is 0 Å². The molecule has 0 N–H and O–H groups in total. The van der Waals surface area contributed by atoms with Crippen LogP contribution in [0.25, 0.3) is 6.08 Å². The van der Waals surface area contributed by atoms with Crippen LogP contribution < -0.4 is 0 Å². The fourth-order valence-electron chi connectivity index (χ4n) is 0.997. The molecule has 0 atom stereocenters. The molecule has 0 saturated carbocycles. The summed E-state index contributed by atoms with van der Waals surface area (Å²) >= 11 is 3.09. The summed E-state index contributed by atoms with van der Waals surface area (Å²) in [6.45, 7) is 2.05. The highest BCUT2D eigenvalue weighted by Gasteiger charge is 2.02. The van der Waals surface area contributed by atoms with Gasteiger partial charge in [-0.1, -0.05) is 12.1 Å². The Morgan fingerprint density at radius 3 is 3.00 bits per heavy atom. The molecule has 80 valence electrons. The van der Waals surface area contributed by atoms with Crippen LogP contribution in [0.1, 0.15) is 12.5 Å². The van der Waals surface area contributed by atoms with E-state index in [-0.39, 0.29) is 5.82 Å². The lowest BCUT2D eigenvalue weighted by molar-refractivity contribution is -0.137. The Bertz CT molecular complexity index is 388. The molecular formula is C11H10BrFO2. The van der Waals surface area contributed by atoms with Crippen LogP contribution in [0.2, 0.25) is 0 Å². The van der Waals surface area contributed by atoms with Crippen molar-refractivity contribution in [2.75, 3.05) is 6.61 Å². The molecule has 0 saturated heterocycles. The Labute approximate surface area is 95.9 Å². The molecule has 1 aromatic carbocycles. The average molecular weight is 273 g/mol. The highest BCUT2D eigenvalue weighted by atomic mass is 79.9. The number of benzene rings is 1. The summed E-state index contributed by atoms with van der Waals surface area (Å²) in [6, 6.07) is 4.61. The lowest BCUT2D eigenvalue weighted by Gasteiger charge is -1.99. The summed E-state index contributed by atoms with van der Waals surface area (Å²) in [7, 11) is 0. The van der Waals surface area contributed by atoms with Crippen molar-refractivity contribution in [1.82, 2.24) is 0 Å². The minimum absolute atomic E-state index is 0.327. The van der Waals surface area contributed by atoms with Crippen LogP contribution in [0.5, 0.6) is 0 Å². The van der Waals surface area contributed by atoms with Crippen LogP contribution in [0.4, 0.5) is 4.39 Å². The lowest BCUT2D eigenvalue weighted by atomic mass is 10.2. The molecule has 0 aliphatic carbocycles. The number of rotatable bonds is 3. The van der Waals surface area contributed by atoms with Crippen LogP contribution in [0.15, 0.2) is 28.7 Å². The summed E-state index contributed by atoms with van der Waals surface area (Å²) in [4.78, 5) is 11.0. The number of carbonyl (C=O) groups is 1. The van der Waals surface area contributed by atoms with Crippen molar-refractivity contribution in [1.29, 1.82) is 0 Å². The number of hydrogen-bond acceptors (Lipinski definition) is 2. The fraction of sp³-hybridized carbons (Fsp3) is 0.182. The first-order valence-electron chi connectivity index (χ1n) is 4.44. The van der Waals surface area contributed by atoms with Gasteiger partial charge in [0.2, 0.25) is 0 Å². The van der Waals surface area contributed by atoms with Crippen molar-refractivity contribution in [3.63, 3.8) is 0 Å². The maximum absolute atomic E-state index is 13.1. The van der Waals surface area contributed by atoms with Gasteiger partial charge in [-0.25, -0.2) is 9.18 Å². The molecule has 0 unspecified atom stereocenters. The topological polar surface area (TPSA) is 26.3 Å². The molecule has 0 heterocycles. The van der Waals surface area contributed by atoms with E-state index in [0.29, 0.717) is 16.6 Å². The zero-order valence-electron chi connectivity index (χ0n) is 8.17. The third kappa shape index (κ3) is 3.47. The van der Waals surface area contributed by atoms with Crippen molar-refractivity contribution in [2.45, 2.75) is 6.92 Å². The van der Waals surface area contributed by atoms with E-state index in [4.69, 9.17) is 4.74 Å². The zero-order valence-corrected chi connectivity index (χ0v) is 9.75. The van der Waals surface area contributed by atoms with Gasteiger partial charge in [0.25, 0.3) is 0 Å². The molecule has 0 radical (unpaired) electrons. The summed E-state index contributed by atoms with van der Waals surface area (Å²) in [5.74, 6) is -0.797. The second kappa shape index (κ2) is 5.66. The van der Waals surface area contributed by atoms with E-state index in [1.165, 1.54) is 18.2 Å². The average Bonchev–Trinajstić information content (AvgIpc) is 2.21. The maximum atomic E-state index is 13.1. The minimum Gasteiger partial charge on any atom is -0.463 e. The Balaban J connectivity index is 2.81. The molecule has 15 heavy (non-hydrogen) atoms. The Hall–Kier alpha value is -1.16. The van der Waals surface area contributed by atoms with Gasteiger partial charge in [0, 0.05) is 6.08 Å². The van der Waals surface area contributed by atoms with E-state index < -0.39 is 5.97 Å². The Kier molecular flexibility index (Phi) is 4.49. The van der Waals surface area contributed by atoms with Gasteiger partial charge in [0.1, 0.15) is 5.82 Å². The molecule has 1 rings (SSSR count). The molecule has 0 aliphatic heterocycles. The van der Waals surface area contributed by atoms with E-state index in [9.17, 15) is 9.18 Å². The number of halogens is 2. The first-order valence-corrected chi connectivity index (χ1v) is 5.23. The van der Waals surface area contributed by atoms with Gasteiger partial charge in [-0.05, 0) is 40.6 Å². The van der Waals surface area contributed by atoms with Crippen LogP contribution in [0.3, 0.4) is 0 Å². The molecule has 1 aromatic rings. The zero-order chi connectivity index (χ0) is 11.3. The Morgan fingerprint density at radius 1 is 1.60 bits per heavy atom. The van der Waals surface area contributed by atoms with Crippen molar-refractivity contribution >= 4 is 28.0 Å². The number of ether oxygens (including phenoxy) is 1. The highest BCUT2D eigenvalue weighted by molar-refractivity contribution is 9.10. The van der Waals surface area contributed by atoms with Crippen molar-refractivity contribution in [3.05, 3.63) is 40.1 Å². The number of esters is 1. The fourth-order valence-corrected chi connectivity index (χ4v) is 1.39. The van der Waals surface area contributed by atoms with E-state index >= 15 is 0 Å². The van der Waals surface area contributed by atoms with Gasteiger partial charge in [0.05, 0.1) is 11.1 Å². The van der Waals surface area contributed by atoms with Crippen LogP contribution in [0, 0.1) is 5.82 Å². The van der Waals surface area contributed by atoms with Crippen LogP contribution in [-0.2, 0) is 9.53 Å². The summed E-state index contributed by atoms with van der Waals surface area (Å²) in [5, 5.41) is 0. The standard InChI is InChI=1S/C11H10BrFO2/c1-2-15-10(14)7-6-8-4-3-5-9(13)11(8)12/h3-7H,2H2,1H3/b7-6+. The molecule has 0 aliphatic rings. The maximum Gasteiger partial charge on any atom is 0.330 e. The lowest BCUT2D eigenvalue weighted by Crippen LogP contribution is -1.98. The van der Waals surface area contributed by atoms with E-state index in [1.54, 1.807) is 19.1 Å². The smallest absolute Gasteiger partial charge is 0.330 e. The first kappa shape index (κ1) is 11.9. The molecule has 0 spiro atoms. The molecule has 4 heteroatoms. The normalized spacial score (nSPS) is 10.6. The summed E-state index contributed by atoms with van der Waals surface area (Å²) in [6.07, 6.45) is 2.77. The van der Waals surface area contributed by atoms with Gasteiger partial charge in [-0.15, -0.1) is 0 Å². The molecular weight excluding hydrogens is 263 g/mol. The molecule has 0 bridgehead atoms. The third-order valence-electron chi connectivity index (χ3n) is 1.67. The first-order chi connectivity index (χ1) is 7.15. The largest absolute Gasteiger partial charge is 0.463 e. The molecule has 0 aromatic heterocycles. The predicted molar refractivity (Wildman–Crippen MR) is 59.8 cm³/mol. The second-order valence-electron chi connectivity index (χ2n) is 2.73. The number of carbonyl (C=O) groups excluding carboxylic acids is 1. The van der Waals surface area contributed by atoms with Gasteiger partial charge in [-0.3, -0.25) is 0 Å². The summed E-state index contributed by atoms with van der Waals surface area (Å²) in [5.41, 5.74) is 0.600. The van der Waals surface area contributed by atoms with Gasteiger partial charge in [-0.2, -0.15) is 0 Å². The highest BCUT2D eigenvalue weighted by Crippen LogP contribution is 2.21.